The third kappa shape index (κ3) is 2.86. The molecule has 2 unspecified atom stereocenters. The van der Waals surface area contributed by atoms with E-state index >= 15 is 0 Å². The van der Waals surface area contributed by atoms with Gasteiger partial charge in [-0.2, -0.15) is 9.65 Å². The molecule has 6 heteroatoms. The Morgan fingerprint density at radius 2 is 2.27 bits per heavy atom. The van der Waals surface area contributed by atoms with E-state index in [2.05, 4.69) is 4.98 Å². The third-order valence-corrected chi connectivity index (χ3v) is 2.15. The third-order valence-electron chi connectivity index (χ3n) is 1.84. The Kier molecular flexibility index (Phi) is 3.97. The highest BCUT2D eigenvalue weighted by atomic mass is 35.5. The van der Waals surface area contributed by atoms with Crippen molar-refractivity contribution in [3.05, 3.63) is 28.8 Å². The van der Waals surface area contributed by atoms with E-state index in [0.29, 0.717) is 0 Å². The summed E-state index contributed by atoms with van der Waals surface area (Å²) in [6, 6.07) is 2.61. The smallest absolute Gasteiger partial charge is 0.213 e. The summed E-state index contributed by atoms with van der Waals surface area (Å²) in [6.07, 6.45) is -1.92. The topological polar surface area (TPSA) is 77.1 Å². The van der Waals surface area contributed by atoms with Gasteiger partial charge in [-0.3, -0.25) is 0 Å². The minimum Gasteiger partial charge on any atom is -0.389 e. The van der Waals surface area contributed by atoms with Gasteiger partial charge < -0.3 is 10.2 Å². The number of rotatable bonds is 3. The molecule has 2 atom stereocenters. The van der Waals surface area contributed by atoms with E-state index in [-0.39, 0.29) is 17.0 Å². The SMILES string of the molecule is N#CCC(O)C(O)c1cc(F)ncc1Cl. The van der Waals surface area contributed by atoms with Gasteiger partial charge in [0.25, 0.3) is 0 Å². The first-order chi connectivity index (χ1) is 7.06. The average Bonchev–Trinajstić information content (AvgIpc) is 2.21. The molecule has 0 radical (unpaired) electrons. The number of aliphatic hydroxyl groups excluding tert-OH is 2. The van der Waals surface area contributed by atoms with Gasteiger partial charge in [-0.1, -0.05) is 11.6 Å². The molecule has 1 aromatic rings. The molecule has 2 N–H and O–H groups in total. The predicted octanol–water partition coefficient (Wildman–Crippen LogP) is 1.18. The zero-order valence-electron chi connectivity index (χ0n) is 7.56. The van der Waals surface area contributed by atoms with Crippen molar-refractivity contribution in [2.45, 2.75) is 18.6 Å². The van der Waals surface area contributed by atoms with Crippen molar-refractivity contribution in [1.29, 1.82) is 5.26 Å². The predicted molar refractivity (Wildman–Crippen MR) is 50.4 cm³/mol. The number of nitriles is 1. The summed E-state index contributed by atoms with van der Waals surface area (Å²) in [7, 11) is 0. The Morgan fingerprint density at radius 3 is 2.87 bits per heavy atom. The van der Waals surface area contributed by atoms with Gasteiger partial charge in [-0.15, -0.1) is 0 Å². The van der Waals surface area contributed by atoms with E-state index in [0.717, 1.165) is 12.3 Å². The molecule has 0 fully saturated rings. The van der Waals surface area contributed by atoms with E-state index < -0.39 is 18.2 Å². The molecular weight excluding hydrogens is 223 g/mol. The van der Waals surface area contributed by atoms with Crippen molar-refractivity contribution >= 4 is 11.6 Å². The number of pyridine rings is 1. The van der Waals surface area contributed by atoms with Crippen LogP contribution in [0, 0.1) is 17.3 Å². The maximum absolute atomic E-state index is 12.7. The van der Waals surface area contributed by atoms with Gasteiger partial charge in [0.2, 0.25) is 5.95 Å². The molecule has 0 bridgehead atoms. The van der Waals surface area contributed by atoms with E-state index in [4.69, 9.17) is 16.9 Å². The van der Waals surface area contributed by atoms with Gasteiger partial charge in [0, 0.05) is 17.8 Å². The van der Waals surface area contributed by atoms with E-state index in [1.807, 2.05) is 0 Å². The van der Waals surface area contributed by atoms with Crippen molar-refractivity contribution in [1.82, 2.24) is 4.98 Å². The van der Waals surface area contributed by atoms with E-state index in [1.165, 1.54) is 0 Å². The first-order valence-electron chi connectivity index (χ1n) is 4.10. The Labute approximate surface area is 90.6 Å². The van der Waals surface area contributed by atoms with Gasteiger partial charge >= 0.3 is 0 Å². The van der Waals surface area contributed by atoms with Crippen LogP contribution in [-0.4, -0.2) is 21.3 Å². The summed E-state index contributed by atoms with van der Waals surface area (Å²) in [4.78, 5) is 3.27. The molecule has 0 amide bonds. The summed E-state index contributed by atoms with van der Waals surface area (Å²) in [5.41, 5.74) is 0.0203. The molecule has 1 heterocycles. The highest BCUT2D eigenvalue weighted by molar-refractivity contribution is 6.31. The number of hydrogen-bond donors (Lipinski definition) is 2. The lowest BCUT2D eigenvalue weighted by atomic mass is 10.0. The zero-order chi connectivity index (χ0) is 11.4. The lowest BCUT2D eigenvalue weighted by Gasteiger charge is -2.16. The van der Waals surface area contributed by atoms with Crippen molar-refractivity contribution in [3.63, 3.8) is 0 Å². The monoisotopic (exact) mass is 230 g/mol. The number of nitrogens with zero attached hydrogens (tertiary/aromatic N) is 2. The van der Waals surface area contributed by atoms with Crippen LogP contribution in [0.1, 0.15) is 18.1 Å². The molecule has 80 valence electrons. The zero-order valence-corrected chi connectivity index (χ0v) is 8.32. The summed E-state index contributed by atoms with van der Waals surface area (Å²) >= 11 is 5.65. The maximum atomic E-state index is 12.7. The summed E-state index contributed by atoms with van der Waals surface area (Å²) in [5.74, 6) is -0.808. The van der Waals surface area contributed by atoms with Gasteiger partial charge in [0.1, 0.15) is 6.10 Å². The van der Waals surface area contributed by atoms with Gasteiger partial charge in [-0.05, 0) is 0 Å². The van der Waals surface area contributed by atoms with Crippen LogP contribution in [0.2, 0.25) is 5.02 Å². The van der Waals surface area contributed by atoms with Crippen LogP contribution in [0.15, 0.2) is 12.3 Å². The fraction of sp³-hybridized carbons (Fsp3) is 0.333. The first-order valence-corrected chi connectivity index (χ1v) is 4.48. The van der Waals surface area contributed by atoms with Gasteiger partial charge in [0.15, 0.2) is 0 Å². The second kappa shape index (κ2) is 5.03. The van der Waals surface area contributed by atoms with Crippen LogP contribution in [0.5, 0.6) is 0 Å². The average molecular weight is 231 g/mol. The van der Waals surface area contributed by atoms with Crippen LogP contribution in [0.25, 0.3) is 0 Å². The fourth-order valence-corrected chi connectivity index (χ4v) is 1.28. The summed E-state index contributed by atoms with van der Waals surface area (Å²) < 4.78 is 12.7. The minimum absolute atomic E-state index is 0.0203. The lowest BCUT2D eigenvalue weighted by Crippen LogP contribution is -2.18. The molecule has 0 saturated carbocycles. The molecule has 0 spiro atoms. The van der Waals surface area contributed by atoms with Crippen molar-refractivity contribution in [2.24, 2.45) is 0 Å². The van der Waals surface area contributed by atoms with Crippen LogP contribution in [0.4, 0.5) is 4.39 Å². The first kappa shape index (κ1) is 11.9. The molecule has 15 heavy (non-hydrogen) atoms. The second-order valence-corrected chi connectivity index (χ2v) is 3.31. The molecule has 0 aromatic carbocycles. The molecule has 0 saturated heterocycles. The van der Waals surface area contributed by atoms with Crippen molar-refractivity contribution in [3.8, 4) is 6.07 Å². The Bertz CT molecular complexity index is 394. The molecule has 0 aliphatic rings. The van der Waals surface area contributed by atoms with Crippen LogP contribution in [0.3, 0.4) is 0 Å². The quantitative estimate of drug-likeness (QED) is 0.765. The largest absolute Gasteiger partial charge is 0.389 e. The normalized spacial score (nSPS) is 14.3. The molecule has 4 nitrogen and oxygen atoms in total. The number of hydrogen-bond acceptors (Lipinski definition) is 4. The van der Waals surface area contributed by atoms with Crippen LogP contribution >= 0.6 is 11.6 Å². The Balaban J connectivity index is 2.95. The number of halogens is 2. The molecule has 0 aliphatic carbocycles. The minimum atomic E-state index is -1.39. The Hall–Kier alpha value is -1.22. The summed E-state index contributed by atoms with van der Waals surface area (Å²) in [5, 5.41) is 27.2. The van der Waals surface area contributed by atoms with Crippen LogP contribution < -0.4 is 0 Å². The lowest BCUT2D eigenvalue weighted by molar-refractivity contribution is 0.0214. The summed E-state index contributed by atoms with van der Waals surface area (Å²) in [6.45, 7) is 0. The number of aromatic nitrogens is 1. The highest BCUT2D eigenvalue weighted by Crippen LogP contribution is 2.25. The Morgan fingerprint density at radius 1 is 1.60 bits per heavy atom. The standard InChI is InChI=1S/C9H8ClFN2O2/c10-6-4-13-8(11)3-5(6)9(15)7(14)1-2-12/h3-4,7,9,14-15H,1H2. The number of aliphatic hydroxyl groups is 2. The van der Waals surface area contributed by atoms with Crippen LogP contribution in [-0.2, 0) is 0 Å². The van der Waals surface area contributed by atoms with Gasteiger partial charge in [0.05, 0.1) is 23.6 Å². The van der Waals surface area contributed by atoms with E-state index in [9.17, 15) is 14.6 Å². The van der Waals surface area contributed by atoms with Crippen molar-refractivity contribution < 1.29 is 14.6 Å². The molecule has 1 rings (SSSR count). The molecular formula is C9H8ClFN2O2. The van der Waals surface area contributed by atoms with E-state index in [1.54, 1.807) is 6.07 Å². The molecule has 0 aliphatic heterocycles. The second-order valence-electron chi connectivity index (χ2n) is 2.90. The van der Waals surface area contributed by atoms with Crippen molar-refractivity contribution in [2.75, 3.05) is 0 Å². The highest BCUT2D eigenvalue weighted by Gasteiger charge is 2.21. The maximum Gasteiger partial charge on any atom is 0.213 e. The fourth-order valence-electron chi connectivity index (χ4n) is 1.07. The van der Waals surface area contributed by atoms with Gasteiger partial charge in [-0.25, -0.2) is 4.98 Å². The molecule has 1 aromatic heterocycles.